The molecule has 82 valence electrons. The third kappa shape index (κ3) is 2.46. The number of hydrogen-bond donors (Lipinski definition) is 1. The predicted molar refractivity (Wildman–Crippen MR) is 60.6 cm³/mol. The lowest BCUT2D eigenvalue weighted by Crippen LogP contribution is -1.95. The highest BCUT2D eigenvalue weighted by molar-refractivity contribution is 9.10. The quantitative estimate of drug-likeness (QED) is 0.921. The summed E-state index contributed by atoms with van der Waals surface area (Å²) in [6.45, 7) is 0. The molecule has 2 aromatic rings. The highest BCUT2D eigenvalue weighted by Crippen LogP contribution is 2.24. The van der Waals surface area contributed by atoms with Gasteiger partial charge in [-0.1, -0.05) is 0 Å². The Bertz CT molecular complexity index is 521. The number of aromatic nitrogens is 2. The Morgan fingerprint density at radius 3 is 2.81 bits per heavy atom. The van der Waals surface area contributed by atoms with Crippen molar-refractivity contribution in [3.05, 3.63) is 40.8 Å². The zero-order valence-corrected chi connectivity index (χ0v) is 9.61. The first-order valence-corrected chi connectivity index (χ1v) is 5.16. The summed E-state index contributed by atoms with van der Waals surface area (Å²) in [4.78, 5) is 7.72. The Kier molecular flexibility index (Phi) is 3.00. The Balaban J connectivity index is 2.24. The molecular weight excluding hydrogens is 277 g/mol. The third-order valence-corrected chi connectivity index (χ3v) is 2.36. The van der Waals surface area contributed by atoms with Gasteiger partial charge in [0.25, 0.3) is 0 Å². The van der Waals surface area contributed by atoms with E-state index in [1.165, 1.54) is 24.4 Å². The van der Waals surface area contributed by atoms with Gasteiger partial charge in [-0.3, -0.25) is 0 Å². The predicted octanol–water partition coefficient (Wildman–Crippen LogP) is 2.75. The van der Waals surface area contributed by atoms with Crippen LogP contribution < -0.4 is 10.5 Å². The minimum Gasteiger partial charge on any atom is -0.424 e. The zero-order valence-electron chi connectivity index (χ0n) is 8.02. The highest BCUT2D eigenvalue weighted by Gasteiger charge is 2.04. The molecule has 0 aliphatic rings. The molecule has 0 bridgehead atoms. The molecular formula is C10H7BrFN3O. The molecule has 2 N–H and O–H groups in total. The van der Waals surface area contributed by atoms with Gasteiger partial charge in [-0.15, -0.1) is 0 Å². The molecule has 4 nitrogen and oxygen atoms in total. The molecule has 1 aromatic carbocycles. The van der Waals surface area contributed by atoms with Crippen molar-refractivity contribution in [3.63, 3.8) is 0 Å². The molecule has 0 aliphatic carbocycles. The summed E-state index contributed by atoms with van der Waals surface area (Å²) in [7, 11) is 0. The van der Waals surface area contributed by atoms with Gasteiger partial charge in [0.1, 0.15) is 17.4 Å². The van der Waals surface area contributed by atoms with Crippen LogP contribution in [-0.4, -0.2) is 9.97 Å². The van der Waals surface area contributed by atoms with Gasteiger partial charge in [0.2, 0.25) is 0 Å². The van der Waals surface area contributed by atoms with Crippen molar-refractivity contribution >= 4 is 21.7 Å². The number of halogens is 2. The van der Waals surface area contributed by atoms with E-state index in [4.69, 9.17) is 10.5 Å². The van der Waals surface area contributed by atoms with Crippen LogP contribution >= 0.6 is 15.9 Å². The fourth-order valence-electron chi connectivity index (χ4n) is 1.05. The lowest BCUT2D eigenvalue weighted by Gasteiger charge is -2.04. The molecule has 1 aromatic heterocycles. The van der Waals surface area contributed by atoms with Crippen molar-refractivity contribution in [1.29, 1.82) is 0 Å². The molecule has 0 spiro atoms. The SMILES string of the molecule is Nc1ccnc(Oc2ccc(F)c(Br)c2)n1. The molecule has 0 radical (unpaired) electrons. The van der Waals surface area contributed by atoms with E-state index in [-0.39, 0.29) is 11.8 Å². The van der Waals surface area contributed by atoms with Crippen molar-refractivity contribution in [1.82, 2.24) is 9.97 Å². The second-order valence-electron chi connectivity index (χ2n) is 2.94. The normalized spacial score (nSPS) is 10.1. The van der Waals surface area contributed by atoms with Crippen LogP contribution in [0.5, 0.6) is 11.8 Å². The number of ether oxygens (including phenoxy) is 1. The highest BCUT2D eigenvalue weighted by atomic mass is 79.9. The van der Waals surface area contributed by atoms with Crippen LogP contribution in [0.25, 0.3) is 0 Å². The topological polar surface area (TPSA) is 61.0 Å². The molecule has 0 unspecified atom stereocenters. The van der Waals surface area contributed by atoms with Gasteiger partial charge in [0, 0.05) is 6.20 Å². The number of nitrogens with two attached hydrogens (primary N) is 1. The molecule has 6 heteroatoms. The lowest BCUT2D eigenvalue weighted by molar-refractivity contribution is 0.441. The summed E-state index contributed by atoms with van der Waals surface area (Å²) >= 11 is 3.05. The molecule has 0 amide bonds. The van der Waals surface area contributed by atoms with Crippen molar-refractivity contribution in [2.24, 2.45) is 0 Å². The van der Waals surface area contributed by atoms with Crippen LogP contribution in [0.4, 0.5) is 10.2 Å². The third-order valence-electron chi connectivity index (χ3n) is 1.76. The summed E-state index contributed by atoms with van der Waals surface area (Å²) in [5.41, 5.74) is 5.47. The van der Waals surface area contributed by atoms with Crippen molar-refractivity contribution in [2.45, 2.75) is 0 Å². The van der Waals surface area contributed by atoms with E-state index in [2.05, 4.69) is 25.9 Å². The smallest absolute Gasteiger partial charge is 0.323 e. The maximum atomic E-state index is 12.9. The first kappa shape index (κ1) is 10.8. The maximum Gasteiger partial charge on any atom is 0.323 e. The standard InChI is InChI=1S/C10H7BrFN3O/c11-7-5-6(1-2-8(7)12)16-10-14-4-3-9(13)15-10/h1-5H,(H2,13,14,15). The largest absolute Gasteiger partial charge is 0.424 e. The number of nitrogens with zero attached hydrogens (tertiary/aromatic N) is 2. The van der Waals surface area contributed by atoms with E-state index in [0.29, 0.717) is 16.0 Å². The van der Waals surface area contributed by atoms with Crippen LogP contribution in [0.15, 0.2) is 34.9 Å². The fraction of sp³-hybridized carbons (Fsp3) is 0. The van der Waals surface area contributed by atoms with Crippen molar-refractivity contribution < 1.29 is 9.13 Å². The molecule has 0 aliphatic heterocycles. The lowest BCUT2D eigenvalue weighted by atomic mass is 10.3. The Hall–Kier alpha value is -1.69. The summed E-state index contributed by atoms with van der Waals surface area (Å²) < 4.78 is 18.6. The van der Waals surface area contributed by atoms with Gasteiger partial charge in [-0.05, 0) is 40.2 Å². The fourth-order valence-corrected chi connectivity index (χ4v) is 1.41. The molecule has 1 heterocycles. The average molecular weight is 284 g/mol. The molecule has 0 saturated carbocycles. The molecule has 0 saturated heterocycles. The van der Waals surface area contributed by atoms with E-state index < -0.39 is 0 Å². The van der Waals surface area contributed by atoms with Crippen LogP contribution in [0, 0.1) is 5.82 Å². The number of hydrogen-bond acceptors (Lipinski definition) is 4. The first-order chi connectivity index (χ1) is 7.65. The number of anilines is 1. The van der Waals surface area contributed by atoms with Gasteiger partial charge in [0.15, 0.2) is 0 Å². The van der Waals surface area contributed by atoms with Gasteiger partial charge < -0.3 is 10.5 Å². The van der Waals surface area contributed by atoms with Crippen LogP contribution in [0.1, 0.15) is 0 Å². The van der Waals surface area contributed by atoms with E-state index in [0.717, 1.165) is 0 Å². The van der Waals surface area contributed by atoms with E-state index in [9.17, 15) is 4.39 Å². The summed E-state index contributed by atoms with van der Waals surface area (Å²) in [6.07, 6.45) is 1.48. The van der Waals surface area contributed by atoms with E-state index >= 15 is 0 Å². The minimum absolute atomic E-state index is 0.124. The minimum atomic E-state index is -0.360. The maximum absolute atomic E-state index is 12.9. The zero-order chi connectivity index (χ0) is 11.5. The summed E-state index contributed by atoms with van der Waals surface area (Å²) in [6, 6.07) is 5.92. The number of benzene rings is 1. The van der Waals surface area contributed by atoms with Gasteiger partial charge in [-0.2, -0.15) is 4.98 Å². The second kappa shape index (κ2) is 4.44. The van der Waals surface area contributed by atoms with Gasteiger partial charge >= 0.3 is 6.01 Å². The first-order valence-electron chi connectivity index (χ1n) is 4.36. The Labute approximate surface area is 99.4 Å². The van der Waals surface area contributed by atoms with Crippen LogP contribution in [0.2, 0.25) is 0 Å². The monoisotopic (exact) mass is 283 g/mol. The Morgan fingerprint density at radius 2 is 2.12 bits per heavy atom. The molecule has 16 heavy (non-hydrogen) atoms. The molecule has 2 rings (SSSR count). The summed E-state index contributed by atoms with van der Waals surface area (Å²) in [5.74, 6) is 0.380. The van der Waals surface area contributed by atoms with E-state index in [1.807, 2.05) is 0 Å². The van der Waals surface area contributed by atoms with Crippen LogP contribution in [-0.2, 0) is 0 Å². The Morgan fingerprint density at radius 1 is 1.31 bits per heavy atom. The number of nitrogen functional groups attached to an aromatic ring is 1. The molecule has 0 fully saturated rings. The average Bonchev–Trinajstić information content (AvgIpc) is 2.24. The van der Waals surface area contributed by atoms with Crippen LogP contribution in [0.3, 0.4) is 0 Å². The van der Waals surface area contributed by atoms with E-state index in [1.54, 1.807) is 6.07 Å². The second-order valence-corrected chi connectivity index (χ2v) is 3.80. The van der Waals surface area contributed by atoms with Crippen molar-refractivity contribution in [2.75, 3.05) is 5.73 Å². The van der Waals surface area contributed by atoms with Crippen molar-refractivity contribution in [3.8, 4) is 11.8 Å². The van der Waals surface area contributed by atoms with Gasteiger partial charge in [0.05, 0.1) is 4.47 Å². The molecule has 0 atom stereocenters. The summed E-state index contributed by atoms with van der Waals surface area (Å²) in [5, 5.41) is 0. The number of rotatable bonds is 2. The van der Waals surface area contributed by atoms with Gasteiger partial charge in [-0.25, -0.2) is 9.37 Å².